The Morgan fingerprint density at radius 1 is 0.946 bits per heavy atom. The molecular weight excluding hydrogens is 476 g/mol. The van der Waals surface area contributed by atoms with Gasteiger partial charge in [0.15, 0.2) is 5.82 Å². The summed E-state index contributed by atoms with van der Waals surface area (Å²) in [6, 6.07) is 15.2. The molecule has 0 saturated carbocycles. The number of halogens is 2. The van der Waals surface area contributed by atoms with Crippen LogP contribution in [-0.2, 0) is 4.79 Å². The van der Waals surface area contributed by atoms with E-state index in [0.29, 0.717) is 44.1 Å². The number of benzene rings is 2. The largest absolute Gasteiger partial charge is 0.353 e. The van der Waals surface area contributed by atoms with Crippen LogP contribution in [0.1, 0.15) is 37.0 Å². The highest BCUT2D eigenvalue weighted by Gasteiger charge is 2.27. The highest BCUT2D eigenvalue weighted by Crippen LogP contribution is 2.20. The van der Waals surface area contributed by atoms with E-state index in [9.17, 15) is 18.4 Å². The number of nitrogens with zero attached hydrogens (tertiary/aromatic N) is 5. The molecule has 7 nitrogen and oxygen atoms in total. The van der Waals surface area contributed by atoms with Crippen LogP contribution in [0.25, 0.3) is 11.3 Å². The summed E-state index contributed by atoms with van der Waals surface area (Å²) in [7, 11) is 0. The van der Waals surface area contributed by atoms with Gasteiger partial charge < -0.3 is 14.7 Å². The summed E-state index contributed by atoms with van der Waals surface area (Å²) in [5, 5.41) is 8.65. The van der Waals surface area contributed by atoms with Crippen LogP contribution < -0.4 is 4.90 Å². The molecular formula is C28H31F2N5O2. The average Bonchev–Trinajstić information content (AvgIpc) is 3.18. The minimum Gasteiger partial charge on any atom is -0.353 e. The quantitative estimate of drug-likeness (QED) is 0.474. The highest BCUT2D eigenvalue weighted by atomic mass is 19.1. The molecule has 1 fully saturated rings. The van der Waals surface area contributed by atoms with Crippen molar-refractivity contribution in [1.29, 1.82) is 0 Å². The average molecular weight is 508 g/mol. The van der Waals surface area contributed by atoms with Gasteiger partial charge in [-0.2, -0.15) is 0 Å². The Balaban J connectivity index is 1.39. The smallest absolute Gasteiger partial charge is 0.254 e. The minimum atomic E-state index is -0.484. The molecule has 9 heteroatoms. The zero-order chi connectivity index (χ0) is 26.4. The molecule has 1 atom stereocenters. The maximum atomic E-state index is 13.7. The molecule has 3 aromatic rings. The third-order valence-electron chi connectivity index (χ3n) is 6.72. The Labute approximate surface area is 215 Å². The second-order valence-corrected chi connectivity index (χ2v) is 9.21. The SMILES string of the molecule is CC[C@H](C)N(CC(=O)N1CCCN(c2ccc(-c3ccc(F)cc3)nn2)CC1)C(=O)c1cccc(F)c1. The molecule has 0 unspecified atom stereocenters. The maximum absolute atomic E-state index is 13.7. The summed E-state index contributed by atoms with van der Waals surface area (Å²) in [5.74, 6) is -0.562. The molecule has 0 N–H and O–H groups in total. The Bertz CT molecular complexity index is 1220. The van der Waals surface area contributed by atoms with Crippen LogP contribution in [0.3, 0.4) is 0 Å². The van der Waals surface area contributed by atoms with Crippen molar-refractivity contribution >= 4 is 17.6 Å². The summed E-state index contributed by atoms with van der Waals surface area (Å²) in [6.45, 7) is 6.14. The van der Waals surface area contributed by atoms with Crippen LogP contribution in [0, 0.1) is 11.6 Å². The third-order valence-corrected chi connectivity index (χ3v) is 6.72. The fourth-order valence-corrected chi connectivity index (χ4v) is 4.35. The zero-order valence-corrected chi connectivity index (χ0v) is 21.1. The van der Waals surface area contributed by atoms with Gasteiger partial charge >= 0.3 is 0 Å². The molecule has 2 heterocycles. The first-order valence-electron chi connectivity index (χ1n) is 12.5. The predicted molar refractivity (Wildman–Crippen MR) is 138 cm³/mol. The van der Waals surface area contributed by atoms with E-state index in [1.807, 2.05) is 26.0 Å². The van der Waals surface area contributed by atoms with Crippen molar-refractivity contribution < 1.29 is 18.4 Å². The van der Waals surface area contributed by atoms with Crippen molar-refractivity contribution in [3.8, 4) is 11.3 Å². The first-order chi connectivity index (χ1) is 17.9. The van der Waals surface area contributed by atoms with E-state index >= 15 is 0 Å². The number of amides is 2. The summed E-state index contributed by atoms with van der Waals surface area (Å²) in [4.78, 5) is 31.7. The second-order valence-electron chi connectivity index (χ2n) is 9.21. The molecule has 1 aliphatic rings. The van der Waals surface area contributed by atoms with Gasteiger partial charge in [0, 0.05) is 43.3 Å². The maximum Gasteiger partial charge on any atom is 0.254 e. The van der Waals surface area contributed by atoms with E-state index in [4.69, 9.17) is 0 Å². The molecule has 1 saturated heterocycles. The first kappa shape index (κ1) is 26.2. The number of carbonyl (C=O) groups excluding carboxylic acids is 2. The van der Waals surface area contributed by atoms with Gasteiger partial charge in [-0.1, -0.05) is 13.0 Å². The van der Waals surface area contributed by atoms with Gasteiger partial charge in [0.05, 0.1) is 5.69 Å². The molecule has 0 bridgehead atoms. The lowest BCUT2D eigenvalue weighted by Gasteiger charge is -2.31. The van der Waals surface area contributed by atoms with E-state index in [1.54, 1.807) is 23.1 Å². The molecule has 194 valence electrons. The highest BCUT2D eigenvalue weighted by molar-refractivity contribution is 5.96. The molecule has 37 heavy (non-hydrogen) atoms. The summed E-state index contributed by atoms with van der Waals surface area (Å²) in [5.41, 5.74) is 1.67. The van der Waals surface area contributed by atoms with E-state index in [1.165, 1.54) is 35.2 Å². The fourth-order valence-electron chi connectivity index (χ4n) is 4.35. The summed E-state index contributed by atoms with van der Waals surface area (Å²) < 4.78 is 26.9. The molecule has 0 radical (unpaired) electrons. The lowest BCUT2D eigenvalue weighted by Crippen LogP contribution is -2.47. The van der Waals surface area contributed by atoms with Gasteiger partial charge in [-0.25, -0.2) is 8.78 Å². The summed E-state index contributed by atoms with van der Waals surface area (Å²) in [6.07, 6.45) is 1.42. The first-order valence-corrected chi connectivity index (χ1v) is 12.5. The van der Waals surface area contributed by atoms with E-state index in [2.05, 4.69) is 15.1 Å². The number of hydrogen-bond donors (Lipinski definition) is 0. The molecule has 2 amide bonds. The lowest BCUT2D eigenvalue weighted by atomic mass is 10.1. The standard InChI is InChI=1S/C28H31F2N5O2/c1-3-20(2)35(28(37)22-6-4-7-24(30)18-22)19-27(36)34-15-5-14-33(16-17-34)26-13-12-25(31-32-26)21-8-10-23(29)11-9-21/h4,6-13,18,20H,3,5,14-17,19H2,1-2H3/t20-/m0/s1. The van der Waals surface area contributed by atoms with Crippen molar-refractivity contribution in [2.45, 2.75) is 32.7 Å². The number of anilines is 1. The van der Waals surface area contributed by atoms with Crippen LogP contribution >= 0.6 is 0 Å². The van der Waals surface area contributed by atoms with Crippen molar-refractivity contribution in [2.75, 3.05) is 37.6 Å². The number of aromatic nitrogens is 2. The molecule has 0 aliphatic carbocycles. The molecule has 2 aromatic carbocycles. The van der Waals surface area contributed by atoms with Gasteiger partial charge in [-0.15, -0.1) is 10.2 Å². The molecule has 1 aliphatic heterocycles. The van der Waals surface area contributed by atoms with E-state index < -0.39 is 5.82 Å². The van der Waals surface area contributed by atoms with Crippen molar-refractivity contribution in [1.82, 2.24) is 20.0 Å². The predicted octanol–water partition coefficient (Wildman–Crippen LogP) is 4.40. The summed E-state index contributed by atoms with van der Waals surface area (Å²) >= 11 is 0. The van der Waals surface area contributed by atoms with Crippen LogP contribution in [0.4, 0.5) is 14.6 Å². The van der Waals surface area contributed by atoms with Crippen molar-refractivity contribution in [2.24, 2.45) is 0 Å². The van der Waals surface area contributed by atoms with Crippen LogP contribution in [0.15, 0.2) is 60.7 Å². The fraction of sp³-hybridized carbons (Fsp3) is 0.357. The van der Waals surface area contributed by atoms with Gasteiger partial charge in [-0.05, 0) is 74.4 Å². The van der Waals surface area contributed by atoms with E-state index in [-0.39, 0.29) is 35.8 Å². The minimum absolute atomic E-state index is 0.0590. The lowest BCUT2D eigenvalue weighted by molar-refractivity contribution is -0.132. The van der Waals surface area contributed by atoms with Crippen LogP contribution in [0.5, 0.6) is 0 Å². The second kappa shape index (κ2) is 11.9. The monoisotopic (exact) mass is 507 g/mol. The zero-order valence-electron chi connectivity index (χ0n) is 21.1. The van der Waals surface area contributed by atoms with Gasteiger partial charge in [0.25, 0.3) is 5.91 Å². The topological polar surface area (TPSA) is 69.6 Å². The van der Waals surface area contributed by atoms with Gasteiger partial charge in [0.1, 0.15) is 18.2 Å². The Kier molecular flexibility index (Phi) is 8.43. The van der Waals surface area contributed by atoms with Crippen molar-refractivity contribution in [3.63, 3.8) is 0 Å². The van der Waals surface area contributed by atoms with E-state index in [0.717, 1.165) is 12.0 Å². The van der Waals surface area contributed by atoms with Crippen molar-refractivity contribution in [3.05, 3.63) is 77.9 Å². The molecule has 1 aromatic heterocycles. The molecule has 0 spiro atoms. The number of hydrogen-bond acceptors (Lipinski definition) is 5. The Hall–Kier alpha value is -3.88. The number of rotatable bonds is 7. The van der Waals surface area contributed by atoms with Gasteiger partial charge in [-0.3, -0.25) is 9.59 Å². The number of carbonyl (C=O) groups is 2. The normalized spacial score (nSPS) is 14.7. The molecule has 4 rings (SSSR count). The van der Waals surface area contributed by atoms with Gasteiger partial charge in [0.2, 0.25) is 5.91 Å². The van der Waals surface area contributed by atoms with Crippen LogP contribution in [0.2, 0.25) is 0 Å². The van der Waals surface area contributed by atoms with Crippen LogP contribution in [-0.4, -0.2) is 70.6 Å². The third kappa shape index (κ3) is 6.47. The Morgan fingerprint density at radius 3 is 2.41 bits per heavy atom. The Morgan fingerprint density at radius 2 is 1.73 bits per heavy atom.